The summed E-state index contributed by atoms with van der Waals surface area (Å²) in [6.45, 7) is 3.81. The Bertz CT molecular complexity index is 1190. The van der Waals surface area contributed by atoms with Crippen molar-refractivity contribution in [3.8, 4) is 16.9 Å². The molecule has 1 aliphatic heterocycles. The van der Waals surface area contributed by atoms with Gasteiger partial charge in [0, 0.05) is 10.9 Å². The molecule has 158 valence electrons. The number of sulfone groups is 1. The molecule has 1 amide bonds. The van der Waals surface area contributed by atoms with Crippen LogP contribution in [-0.2, 0) is 9.84 Å². The topological polar surface area (TPSA) is 90.3 Å². The number of hydrogen-bond acceptors (Lipinski definition) is 6. The number of nitrogens with zero attached hydrogens (tertiary/aromatic N) is 2. The third-order valence-corrected chi connectivity index (χ3v) is 8.00. The van der Waals surface area contributed by atoms with E-state index in [4.69, 9.17) is 4.74 Å². The maximum atomic E-state index is 12.9. The van der Waals surface area contributed by atoms with Crippen molar-refractivity contribution in [1.29, 1.82) is 0 Å². The van der Waals surface area contributed by atoms with Gasteiger partial charge in [-0.15, -0.1) is 11.3 Å². The summed E-state index contributed by atoms with van der Waals surface area (Å²) in [5.41, 5.74) is 2.75. The Balaban J connectivity index is 1.57. The second-order valence-electron chi connectivity index (χ2n) is 7.44. The first-order valence-corrected chi connectivity index (χ1v) is 12.2. The van der Waals surface area contributed by atoms with Gasteiger partial charge in [0.15, 0.2) is 9.84 Å². The van der Waals surface area contributed by atoms with E-state index in [2.05, 4.69) is 10.4 Å². The molecule has 1 saturated heterocycles. The summed E-state index contributed by atoms with van der Waals surface area (Å²) in [6, 6.07) is 11.1. The number of anilines is 1. The summed E-state index contributed by atoms with van der Waals surface area (Å²) < 4.78 is 30.6. The van der Waals surface area contributed by atoms with Crippen LogP contribution in [0.5, 0.6) is 5.75 Å². The van der Waals surface area contributed by atoms with E-state index in [0.29, 0.717) is 17.1 Å². The highest BCUT2D eigenvalue weighted by Gasteiger charge is 2.31. The average molecular weight is 446 g/mol. The van der Waals surface area contributed by atoms with Gasteiger partial charge in [-0.2, -0.15) is 5.10 Å². The zero-order valence-corrected chi connectivity index (χ0v) is 18.6. The molecule has 4 rings (SSSR count). The van der Waals surface area contributed by atoms with Crippen molar-refractivity contribution in [2.24, 2.45) is 0 Å². The lowest BCUT2D eigenvalue weighted by Gasteiger charge is -2.13. The van der Waals surface area contributed by atoms with Crippen LogP contribution < -0.4 is 10.1 Å². The first-order valence-electron chi connectivity index (χ1n) is 9.58. The van der Waals surface area contributed by atoms with Crippen LogP contribution in [0.4, 0.5) is 5.82 Å². The van der Waals surface area contributed by atoms with E-state index in [0.717, 1.165) is 27.4 Å². The van der Waals surface area contributed by atoms with Gasteiger partial charge < -0.3 is 10.1 Å². The van der Waals surface area contributed by atoms with Gasteiger partial charge in [0.1, 0.15) is 11.6 Å². The minimum Gasteiger partial charge on any atom is -0.497 e. The van der Waals surface area contributed by atoms with E-state index in [9.17, 15) is 13.2 Å². The van der Waals surface area contributed by atoms with Crippen LogP contribution in [0.2, 0.25) is 0 Å². The van der Waals surface area contributed by atoms with Gasteiger partial charge in [-0.05, 0) is 49.6 Å². The van der Waals surface area contributed by atoms with Gasteiger partial charge in [-0.3, -0.25) is 4.79 Å². The number of carbonyl (C=O) groups excluding carboxylic acids is 1. The maximum absolute atomic E-state index is 12.9. The summed E-state index contributed by atoms with van der Waals surface area (Å²) in [5, 5.41) is 7.34. The van der Waals surface area contributed by atoms with Crippen LogP contribution in [0, 0.1) is 13.8 Å². The number of hydrogen-bond donors (Lipinski definition) is 1. The lowest BCUT2D eigenvalue weighted by Crippen LogP contribution is -2.19. The van der Waals surface area contributed by atoms with Crippen molar-refractivity contribution in [3.05, 3.63) is 51.8 Å². The number of aryl methyl sites for hydroxylation is 2. The molecule has 0 spiro atoms. The zero-order chi connectivity index (χ0) is 21.5. The van der Waals surface area contributed by atoms with E-state index >= 15 is 0 Å². The SMILES string of the molecule is COc1ccc(-c2cc(C(=O)Nc3cc(C)nn3C3CCS(=O)(=O)C3)sc2C)cc1. The van der Waals surface area contributed by atoms with Crippen molar-refractivity contribution < 1.29 is 17.9 Å². The summed E-state index contributed by atoms with van der Waals surface area (Å²) in [5.74, 6) is 1.28. The van der Waals surface area contributed by atoms with Crippen LogP contribution in [0.25, 0.3) is 11.1 Å². The van der Waals surface area contributed by atoms with E-state index in [1.54, 1.807) is 17.9 Å². The smallest absolute Gasteiger partial charge is 0.266 e. The second-order valence-corrected chi connectivity index (χ2v) is 10.9. The lowest BCUT2D eigenvalue weighted by atomic mass is 10.1. The fourth-order valence-electron chi connectivity index (χ4n) is 3.69. The van der Waals surface area contributed by atoms with Crippen LogP contribution in [0.15, 0.2) is 36.4 Å². The molecule has 1 unspecified atom stereocenters. The third-order valence-electron chi connectivity index (χ3n) is 5.20. The molecule has 0 saturated carbocycles. The Kier molecular flexibility index (Phi) is 5.42. The summed E-state index contributed by atoms with van der Waals surface area (Å²) in [4.78, 5) is 14.6. The van der Waals surface area contributed by atoms with Crippen LogP contribution in [0.3, 0.4) is 0 Å². The zero-order valence-electron chi connectivity index (χ0n) is 17.0. The van der Waals surface area contributed by atoms with Gasteiger partial charge >= 0.3 is 0 Å². The molecule has 2 aromatic heterocycles. The Morgan fingerprint density at radius 3 is 2.60 bits per heavy atom. The molecule has 0 bridgehead atoms. The average Bonchev–Trinajstić information content (AvgIpc) is 3.38. The van der Waals surface area contributed by atoms with E-state index in [1.807, 2.05) is 44.2 Å². The molecule has 1 aromatic carbocycles. The van der Waals surface area contributed by atoms with Crippen molar-refractivity contribution in [1.82, 2.24) is 9.78 Å². The molecule has 9 heteroatoms. The quantitative estimate of drug-likeness (QED) is 0.644. The molecular weight excluding hydrogens is 422 g/mol. The van der Waals surface area contributed by atoms with E-state index in [-0.39, 0.29) is 23.5 Å². The predicted octanol–water partition coefficient (Wildman–Crippen LogP) is 3.85. The highest BCUT2D eigenvalue weighted by Crippen LogP contribution is 2.33. The molecule has 1 N–H and O–H groups in total. The fraction of sp³-hybridized carbons (Fsp3) is 0.333. The summed E-state index contributed by atoms with van der Waals surface area (Å²) in [6.07, 6.45) is 0.506. The van der Waals surface area contributed by atoms with Crippen molar-refractivity contribution >= 4 is 32.9 Å². The number of nitrogens with one attached hydrogen (secondary N) is 1. The standard InChI is InChI=1S/C21H23N3O4S2/c1-13-10-20(24(23-13)16-8-9-30(26,27)12-16)22-21(25)19-11-18(14(2)29-19)15-4-6-17(28-3)7-5-15/h4-7,10-11,16H,8-9,12H2,1-3H3,(H,22,25). The van der Waals surface area contributed by atoms with Gasteiger partial charge in [-0.1, -0.05) is 12.1 Å². The number of methoxy groups -OCH3 is 1. The predicted molar refractivity (Wildman–Crippen MR) is 118 cm³/mol. The molecule has 7 nitrogen and oxygen atoms in total. The number of ether oxygens (including phenoxy) is 1. The minimum atomic E-state index is -3.05. The van der Waals surface area contributed by atoms with Crippen LogP contribution in [0.1, 0.15) is 32.7 Å². The molecule has 0 aliphatic carbocycles. The Morgan fingerprint density at radius 2 is 1.97 bits per heavy atom. The highest BCUT2D eigenvalue weighted by molar-refractivity contribution is 7.91. The minimum absolute atomic E-state index is 0.0523. The largest absolute Gasteiger partial charge is 0.497 e. The maximum Gasteiger partial charge on any atom is 0.266 e. The van der Waals surface area contributed by atoms with Crippen molar-refractivity contribution in [2.75, 3.05) is 23.9 Å². The summed E-state index contributed by atoms with van der Waals surface area (Å²) in [7, 11) is -1.42. The number of thiophene rings is 1. The second kappa shape index (κ2) is 7.88. The number of rotatable bonds is 5. The van der Waals surface area contributed by atoms with Gasteiger partial charge in [0.05, 0.1) is 35.2 Å². The number of aromatic nitrogens is 2. The molecule has 3 aromatic rings. The lowest BCUT2D eigenvalue weighted by molar-refractivity contribution is 0.102. The van der Waals surface area contributed by atoms with Gasteiger partial charge in [0.25, 0.3) is 5.91 Å². The van der Waals surface area contributed by atoms with E-state index < -0.39 is 9.84 Å². The first kappa shape index (κ1) is 20.6. The number of benzene rings is 1. The monoisotopic (exact) mass is 445 g/mol. The fourth-order valence-corrected chi connectivity index (χ4v) is 6.31. The van der Waals surface area contributed by atoms with Gasteiger partial charge in [-0.25, -0.2) is 13.1 Å². The molecule has 1 aliphatic rings. The van der Waals surface area contributed by atoms with Crippen LogP contribution >= 0.6 is 11.3 Å². The van der Waals surface area contributed by atoms with Crippen LogP contribution in [-0.4, -0.2) is 42.7 Å². The molecule has 1 fully saturated rings. The van der Waals surface area contributed by atoms with Crippen molar-refractivity contribution in [3.63, 3.8) is 0 Å². The Morgan fingerprint density at radius 1 is 1.23 bits per heavy atom. The van der Waals surface area contributed by atoms with E-state index in [1.165, 1.54) is 11.3 Å². The molecule has 3 heterocycles. The normalized spacial score (nSPS) is 17.8. The Labute approximate surface area is 179 Å². The molecule has 30 heavy (non-hydrogen) atoms. The first-order chi connectivity index (χ1) is 14.3. The molecule has 0 radical (unpaired) electrons. The number of amides is 1. The molecular formula is C21H23N3O4S2. The molecule has 1 atom stereocenters. The third kappa shape index (κ3) is 4.13. The Hall–Kier alpha value is -2.65. The van der Waals surface area contributed by atoms with Gasteiger partial charge in [0.2, 0.25) is 0 Å². The number of carbonyl (C=O) groups is 1. The highest BCUT2D eigenvalue weighted by atomic mass is 32.2. The van der Waals surface area contributed by atoms with Crippen molar-refractivity contribution in [2.45, 2.75) is 26.3 Å². The summed E-state index contributed by atoms with van der Waals surface area (Å²) >= 11 is 1.42.